The van der Waals surface area contributed by atoms with E-state index in [4.69, 9.17) is 0 Å². The average molecular weight is 496 g/mol. The lowest BCUT2D eigenvalue weighted by atomic mass is 9.49. The third kappa shape index (κ3) is 2.49. The maximum atomic E-state index is 2.64. The van der Waals surface area contributed by atoms with Crippen molar-refractivity contribution in [2.24, 2.45) is 0 Å². The summed E-state index contributed by atoms with van der Waals surface area (Å²) in [7, 11) is 0. The second kappa shape index (κ2) is 7.42. The largest absolute Gasteiger partial charge is 0.375 e. The molecule has 0 bridgehead atoms. The van der Waals surface area contributed by atoms with Gasteiger partial charge in [-0.15, -0.1) is 0 Å². The molecule has 0 saturated heterocycles. The van der Waals surface area contributed by atoms with Crippen LogP contribution in [0.3, 0.4) is 0 Å². The second-order valence-corrected chi connectivity index (χ2v) is 10.9. The van der Waals surface area contributed by atoms with Crippen molar-refractivity contribution in [2.75, 3.05) is 0 Å². The molecule has 2 aromatic heterocycles. The Morgan fingerprint density at radius 3 is 2.15 bits per heavy atom. The molecule has 0 amide bonds. The Morgan fingerprint density at radius 1 is 0.615 bits per heavy atom. The van der Waals surface area contributed by atoms with E-state index >= 15 is 0 Å². The fourth-order valence-corrected chi connectivity index (χ4v) is 7.62. The van der Waals surface area contributed by atoms with Crippen LogP contribution < -0.4 is 10.9 Å². The number of hydrogen-bond donors (Lipinski definition) is 0. The molecular weight excluding hydrogens is 471 g/mol. The van der Waals surface area contributed by atoms with Crippen LogP contribution in [0.4, 0.5) is 0 Å². The quantitative estimate of drug-likeness (QED) is 0.217. The summed E-state index contributed by atoms with van der Waals surface area (Å²) in [6.45, 7) is 4.55. The first kappa shape index (κ1) is 21.2. The molecule has 4 heterocycles. The van der Waals surface area contributed by atoms with Gasteiger partial charge in [0.25, 0.3) is 0 Å². The number of para-hydroxylation sites is 3. The van der Waals surface area contributed by atoms with Gasteiger partial charge in [0.1, 0.15) is 0 Å². The van der Waals surface area contributed by atoms with E-state index in [1.165, 1.54) is 82.8 Å². The molecule has 9 rings (SSSR count). The summed E-state index contributed by atoms with van der Waals surface area (Å²) in [6, 6.07) is 38.2. The van der Waals surface area contributed by atoms with Crippen LogP contribution in [0.1, 0.15) is 18.2 Å². The smallest absolute Gasteiger partial charge is 0.330 e. The summed E-state index contributed by atoms with van der Waals surface area (Å²) in [4.78, 5) is 0. The van der Waals surface area contributed by atoms with Crippen LogP contribution in [0, 0.1) is 6.92 Å². The molecule has 0 unspecified atom stereocenters. The Hall–Kier alpha value is -4.76. The van der Waals surface area contributed by atoms with Gasteiger partial charge < -0.3 is 9.05 Å². The number of nitrogens with zero attached hydrogens (tertiary/aromatic N) is 2. The van der Waals surface area contributed by atoms with E-state index in [0.29, 0.717) is 0 Å². The Morgan fingerprint density at radius 2 is 1.31 bits per heavy atom. The molecule has 0 aliphatic carbocycles. The van der Waals surface area contributed by atoms with Crippen LogP contribution in [0.2, 0.25) is 0 Å². The van der Waals surface area contributed by atoms with E-state index in [9.17, 15) is 0 Å². The predicted molar refractivity (Wildman–Crippen MR) is 167 cm³/mol. The van der Waals surface area contributed by atoms with Gasteiger partial charge in [-0.3, -0.25) is 0 Å². The average Bonchev–Trinajstić information content (AvgIpc) is 3.59. The van der Waals surface area contributed by atoms with Gasteiger partial charge in [-0.25, -0.2) is 0 Å². The van der Waals surface area contributed by atoms with Gasteiger partial charge in [0.05, 0.1) is 5.52 Å². The third-order valence-electron chi connectivity index (χ3n) is 9.03. The number of aromatic nitrogens is 2. The number of benzene rings is 5. The molecule has 3 heteroatoms. The van der Waals surface area contributed by atoms with Crippen molar-refractivity contribution in [2.45, 2.75) is 13.8 Å². The fourth-order valence-electron chi connectivity index (χ4n) is 7.62. The Labute approximate surface area is 227 Å². The van der Waals surface area contributed by atoms with Crippen molar-refractivity contribution >= 4 is 56.6 Å². The second-order valence-electron chi connectivity index (χ2n) is 10.9. The zero-order valence-electron chi connectivity index (χ0n) is 21.9. The monoisotopic (exact) mass is 496 g/mol. The predicted octanol–water partition coefficient (Wildman–Crippen LogP) is 7.69. The number of allylic oxidation sites excluding steroid dienone is 1. The molecule has 0 fully saturated rings. The molecule has 2 aliphatic rings. The molecule has 7 aromatic rings. The van der Waals surface area contributed by atoms with E-state index in [1.54, 1.807) is 0 Å². The lowest BCUT2D eigenvalue weighted by molar-refractivity contribution is 1.10. The lowest BCUT2D eigenvalue weighted by Crippen LogP contribution is -2.48. The first-order valence-electron chi connectivity index (χ1n) is 13.8. The highest BCUT2D eigenvalue weighted by atomic mass is 15.0. The van der Waals surface area contributed by atoms with E-state index in [1.807, 2.05) is 0 Å². The molecule has 2 nitrogen and oxygen atoms in total. The molecule has 0 atom stereocenters. The molecule has 182 valence electrons. The van der Waals surface area contributed by atoms with Gasteiger partial charge in [-0.05, 0) is 77.4 Å². The first-order valence-corrected chi connectivity index (χ1v) is 13.8. The third-order valence-corrected chi connectivity index (χ3v) is 9.03. The summed E-state index contributed by atoms with van der Waals surface area (Å²) >= 11 is 0. The van der Waals surface area contributed by atoms with Crippen molar-refractivity contribution in [3.8, 4) is 27.9 Å². The van der Waals surface area contributed by atoms with E-state index in [-0.39, 0.29) is 6.85 Å². The van der Waals surface area contributed by atoms with E-state index in [0.717, 1.165) is 0 Å². The molecule has 2 aliphatic heterocycles. The fraction of sp³-hybridized carbons (Fsp3) is 0.0556. The molecule has 0 radical (unpaired) electrons. The summed E-state index contributed by atoms with van der Waals surface area (Å²) in [5.74, 6) is 0. The summed E-state index contributed by atoms with van der Waals surface area (Å²) in [5, 5.41) is 4.05. The molecular formula is C36H25BN2. The van der Waals surface area contributed by atoms with Crippen molar-refractivity contribution in [3.05, 3.63) is 120 Å². The van der Waals surface area contributed by atoms with E-state index in [2.05, 4.69) is 138 Å². The van der Waals surface area contributed by atoms with Crippen LogP contribution >= 0.6 is 0 Å². The van der Waals surface area contributed by atoms with Crippen molar-refractivity contribution in [1.82, 2.24) is 9.05 Å². The highest BCUT2D eigenvalue weighted by Gasteiger charge is 2.43. The van der Waals surface area contributed by atoms with Crippen molar-refractivity contribution in [3.63, 3.8) is 0 Å². The van der Waals surface area contributed by atoms with Gasteiger partial charge >= 0.3 is 6.85 Å². The van der Waals surface area contributed by atoms with Crippen LogP contribution in [0.5, 0.6) is 0 Å². The number of hydrogen-bond acceptors (Lipinski definition) is 0. The number of fused-ring (bicyclic) bond motifs is 10. The number of rotatable bonds is 2. The summed E-state index contributed by atoms with van der Waals surface area (Å²) < 4.78 is 5.08. The van der Waals surface area contributed by atoms with Gasteiger partial charge in [0, 0.05) is 44.1 Å². The standard InChI is InChI=1S/C36H25BN2/c1-3-11-30-22(2)33-32(38(30)23-12-5-4-6-13-23)21-20-27-25-15-9-16-26-29-18-10-17-28-24-14-7-8-19-31(24)39(36(28)29)37(34(25)26)35(27)33/h3-21H,1-2H3/b11-3-. The van der Waals surface area contributed by atoms with Crippen LogP contribution in [-0.4, -0.2) is 15.9 Å². The summed E-state index contributed by atoms with van der Waals surface area (Å²) in [6.07, 6.45) is 4.43. The Bertz CT molecular complexity index is 2190. The maximum absolute atomic E-state index is 2.64. The highest BCUT2D eigenvalue weighted by molar-refractivity contribution is 6.93. The minimum Gasteiger partial charge on any atom is -0.375 e. The van der Waals surface area contributed by atoms with Crippen LogP contribution in [0.15, 0.2) is 109 Å². The zero-order valence-corrected chi connectivity index (χ0v) is 21.9. The van der Waals surface area contributed by atoms with Crippen LogP contribution in [-0.2, 0) is 0 Å². The number of aryl methyl sites for hydroxylation is 1. The normalized spacial score (nSPS) is 13.2. The SMILES string of the molecule is C/C=C\c1c(C)c2c3c(ccc2n1-c1ccccc1)-c1cccc2c1B3n1c3ccccc3c3cccc-2c31. The molecule has 0 spiro atoms. The Kier molecular flexibility index (Phi) is 4.04. The first-order chi connectivity index (χ1) is 19.3. The molecule has 0 N–H and O–H groups in total. The van der Waals surface area contributed by atoms with Crippen molar-refractivity contribution < 1.29 is 0 Å². The topological polar surface area (TPSA) is 9.86 Å². The molecule has 39 heavy (non-hydrogen) atoms. The zero-order chi connectivity index (χ0) is 25.8. The Balaban J connectivity index is 1.49. The summed E-state index contributed by atoms with van der Waals surface area (Å²) in [5.41, 5.74) is 16.0. The molecule has 0 saturated carbocycles. The maximum Gasteiger partial charge on any atom is 0.330 e. The van der Waals surface area contributed by atoms with Gasteiger partial charge in [0.2, 0.25) is 0 Å². The minimum absolute atomic E-state index is 0.135. The van der Waals surface area contributed by atoms with Crippen molar-refractivity contribution in [1.29, 1.82) is 0 Å². The van der Waals surface area contributed by atoms with Crippen LogP contribution in [0.25, 0.3) is 66.7 Å². The van der Waals surface area contributed by atoms with Gasteiger partial charge in [-0.2, -0.15) is 0 Å². The lowest BCUT2D eigenvalue weighted by Gasteiger charge is -2.25. The van der Waals surface area contributed by atoms with Gasteiger partial charge in [-0.1, -0.05) is 84.9 Å². The van der Waals surface area contributed by atoms with Gasteiger partial charge in [0.15, 0.2) is 0 Å². The molecule has 5 aromatic carbocycles. The minimum atomic E-state index is 0.135. The highest BCUT2D eigenvalue weighted by Crippen LogP contribution is 2.44. The van der Waals surface area contributed by atoms with E-state index < -0.39 is 0 Å².